The summed E-state index contributed by atoms with van der Waals surface area (Å²) in [5, 5.41) is 20.2. The van der Waals surface area contributed by atoms with Gasteiger partial charge in [-0.2, -0.15) is 0 Å². The van der Waals surface area contributed by atoms with Gasteiger partial charge in [-0.25, -0.2) is 14.4 Å². The SMILES string of the molecule is Cc1cccc(C(=O)N[C@H]2CC[C@@H](NC(=O)c3cc(F)cnc3Oc3cccc(-c4ccc(O)c(CN5C[C@@H](C)N[C@@H](C)C5)c4)c3)CC2)n1. The molecule has 2 atom stereocenters. The highest BCUT2D eigenvalue weighted by atomic mass is 19.1. The molecule has 4 N–H and O–H groups in total. The van der Waals surface area contributed by atoms with E-state index in [1.165, 1.54) is 0 Å². The Kier molecular flexibility index (Phi) is 10.5. The molecule has 2 aromatic heterocycles. The minimum atomic E-state index is -0.646. The number of benzene rings is 2. The molecule has 2 fully saturated rings. The van der Waals surface area contributed by atoms with Gasteiger partial charge in [-0.15, -0.1) is 0 Å². The predicted molar refractivity (Wildman–Crippen MR) is 185 cm³/mol. The normalized spacial score (nSPS) is 21.1. The molecule has 0 spiro atoms. The van der Waals surface area contributed by atoms with Gasteiger partial charge < -0.3 is 25.8 Å². The Hall–Kier alpha value is -4.87. The summed E-state index contributed by atoms with van der Waals surface area (Å²) in [4.78, 5) is 36.8. The molecule has 2 amide bonds. The van der Waals surface area contributed by atoms with E-state index in [1.54, 1.807) is 24.3 Å². The number of nitrogens with zero attached hydrogens (tertiary/aromatic N) is 3. The smallest absolute Gasteiger partial charge is 0.270 e. The van der Waals surface area contributed by atoms with Crippen molar-refractivity contribution in [3.63, 3.8) is 0 Å². The second-order valence-corrected chi connectivity index (χ2v) is 13.3. The number of halogens is 1. The predicted octanol–water partition coefficient (Wildman–Crippen LogP) is 5.74. The first kappa shape index (κ1) is 34.0. The number of rotatable bonds is 9. The molecule has 11 heteroatoms. The minimum Gasteiger partial charge on any atom is -0.508 e. The number of piperazine rings is 1. The maximum absolute atomic E-state index is 14.4. The van der Waals surface area contributed by atoms with Crippen molar-refractivity contribution in [1.29, 1.82) is 0 Å². The highest BCUT2D eigenvalue weighted by Gasteiger charge is 2.27. The van der Waals surface area contributed by atoms with Crippen molar-refractivity contribution in [2.75, 3.05) is 13.1 Å². The van der Waals surface area contributed by atoms with Gasteiger partial charge in [0, 0.05) is 55.1 Å². The van der Waals surface area contributed by atoms with Crippen molar-refractivity contribution in [3.05, 3.63) is 101 Å². The number of aromatic nitrogens is 2. The average Bonchev–Trinajstić information content (AvgIpc) is 3.07. The molecule has 2 aromatic carbocycles. The molecule has 1 aliphatic heterocycles. The lowest BCUT2D eigenvalue weighted by Gasteiger charge is -2.36. The summed E-state index contributed by atoms with van der Waals surface area (Å²) in [5.74, 6) is -0.653. The molecule has 256 valence electrons. The Balaban J connectivity index is 1.10. The van der Waals surface area contributed by atoms with Crippen LogP contribution in [0.4, 0.5) is 4.39 Å². The third-order valence-electron chi connectivity index (χ3n) is 9.07. The Morgan fingerprint density at radius 3 is 2.31 bits per heavy atom. The van der Waals surface area contributed by atoms with Crippen molar-refractivity contribution < 1.29 is 23.8 Å². The molecule has 1 saturated heterocycles. The molecule has 3 heterocycles. The van der Waals surface area contributed by atoms with Gasteiger partial charge in [-0.3, -0.25) is 14.5 Å². The van der Waals surface area contributed by atoms with Gasteiger partial charge in [0.15, 0.2) is 0 Å². The van der Waals surface area contributed by atoms with E-state index in [1.807, 2.05) is 43.3 Å². The van der Waals surface area contributed by atoms with Crippen LogP contribution in [0.25, 0.3) is 11.1 Å². The van der Waals surface area contributed by atoms with Crippen molar-refractivity contribution in [3.8, 4) is 28.5 Å². The number of hydrogen-bond donors (Lipinski definition) is 4. The second kappa shape index (κ2) is 15.1. The largest absolute Gasteiger partial charge is 0.508 e. The Morgan fingerprint density at radius 2 is 1.59 bits per heavy atom. The number of nitrogens with one attached hydrogen (secondary N) is 3. The van der Waals surface area contributed by atoms with Crippen molar-refractivity contribution in [2.24, 2.45) is 0 Å². The standard InChI is InChI=1S/C38H43FN6O4/c1-23-6-4-9-34(42-23)37(48)44-31-13-11-30(12-14-31)43-36(47)33-18-29(39)19-40-38(33)49-32-8-5-7-26(17-32)27-10-15-35(46)28(16-27)22-45-20-24(2)41-25(3)21-45/h4-10,15-19,24-25,30-31,41,46H,11-14,20-22H2,1-3H3,(H,43,47)(H,44,48)/t24-,25+,30-,31+. The fourth-order valence-corrected chi connectivity index (χ4v) is 6.80. The number of aromatic hydroxyl groups is 1. The highest BCUT2D eigenvalue weighted by Crippen LogP contribution is 2.32. The Bertz CT molecular complexity index is 1800. The molecule has 0 unspecified atom stereocenters. The summed E-state index contributed by atoms with van der Waals surface area (Å²) in [7, 11) is 0. The van der Waals surface area contributed by atoms with Crippen LogP contribution in [0, 0.1) is 12.7 Å². The zero-order valence-electron chi connectivity index (χ0n) is 28.1. The molecule has 0 radical (unpaired) electrons. The van der Waals surface area contributed by atoms with E-state index in [9.17, 15) is 19.1 Å². The lowest BCUT2D eigenvalue weighted by molar-refractivity contribution is 0.0887. The van der Waals surface area contributed by atoms with Gasteiger partial charge in [0.05, 0.1) is 6.20 Å². The number of hydrogen-bond acceptors (Lipinski definition) is 8. The first-order chi connectivity index (χ1) is 23.6. The van der Waals surface area contributed by atoms with E-state index >= 15 is 0 Å². The number of carbonyl (C=O) groups excluding carboxylic acids is 2. The monoisotopic (exact) mass is 666 g/mol. The topological polar surface area (TPSA) is 129 Å². The number of carbonyl (C=O) groups is 2. The summed E-state index contributed by atoms with van der Waals surface area (Å²) < 4.78 is 20.4. The van der Waals surface area contributed by atoms with E-state index in [0.29, 0.717) is 55.8 Å². The third kappa shape index (κ3) is 8.79. The van der Waals surface area contributed by atoms with Crippen LogP contribution in [0.1, 0.15) is 71.6 Å². The van der Waals surface area contributed by atoms with E-state index in [4.69, 9.17) is 4.74 Å². The number of amides is 2. The molecule has 1 saturated carbocycles. The molecule has 6 rings (SSSR count). The van der Waals surface area contributed by atoms with Gasteiger partial charge in [0.1, 0.15) is 28.6 Å². The minimum absolute atomic E-state index is 0.00208. The van der Waals surface area contributed by atoms with Gasteiger partial charge >= 0.3 is 0 Å². The lowest BCUT2D eigenvalue weighted by atomic mass is 9.91. The zero-order valence-corrected chi connectivity index (χ0v) is 28.1. The summed E-state index contributed by atoms with van der Waals surface area (Å²) >= 11 is 0. The van der Waals surface area contributed by atoms with Gasteiger partial charge in [0.2, 0.25) is 5.88 Å². The molecule has 49 heavy (non-hydrogen) atoms. The third-order valence-corrected chi connectivity index (χ3v) is 9.07. The first-order valence-corrected chi connectivity index (χ1v) is 16.9. The molecule has 4 aromatic rings. The van der Waals surface area contributed by atoms with Crippen LogP contribution in [-0.4, -0.2) is 69.0 Å². The number of phenols is 1. The number of pyridine rings is 2. The van der Waals surface area contributed by atoms with Crippen LogP contribution in [0.5, 0.6) is 17.4 Å². The fourth-order valence-electron chi connectivity index (χ4n) is 6.80. The van der Waals surface area contributed by atoms with Gasteiger partial charge in [-0.05, 0) is 100 Å². The Labute approximate surface area is 286 Å². The van der Waals surface area contributed by atoms with E-state index in [2.05, 4.69) is 44.7 Å². The van der Waals surface area contributed by atoms with Crippen LogP contribution in [0.3, 0.4) is 0 Å². The fraction of sp³-hybridized carbons (Fsp3) is 0.368. The first-order valence-electron chi connectivity index (χ1n) is 16.9. The molecule has 10 nitrogen and oxygen atoms in total. The van der Waals surface area contributed by atoms with Crippen LogP contribution in [-0.2, 0) is 6.54 Å². The summed E-state index contributed by atoms with van der Waals surface area (Å²) in [5.41, 5.74) is 3.76. The van der Waals surface area contributed by atoms with Crippen molar-refractivity contribution >= 4 is 11.8 Å². The molecule has 0 bridgehead atoms. The summed E-state index contributed by atoms with van der Waals surface area (Å²) in [6.45, 7) is 8.58. The molecular weight excluding hydrogens is 623 g/mol. The van der Waals surface area contributed by atoms with Crippen LogP contribution in [0.2, 0.25) is 0 Å². The second-order valence-electron chi connectivity index (χ2n) is 13.3. The number of phenolic OH excluding ortho intramolecular Hbond substituents is 1. The van der Waals surface area contributed by atoms with E-state index in [0.717, 1.165) is 47.7 Å². The average molecular weight is 667 g/mol. The maximum Gasteiger partial charge on any atom is 0.270 e. The Morgan fingerprint density at radius 1 is 0.918 bits per heavy atom. The van der Waals surface area contributed by atoms with E-state index < -0.39 is 11.7 Å². The van der Waals surface area contributed by atoms with Crippen LogP contribution < -0.4 is 20.7 Å². The van der Waals surface area contributed by atoms with Crippen LogP contribution in [0.15, 0.2) is 72.9 Å². The number of ether oxygens (including phenoxy) is 1. The van der Waals surface area contributed by atoms with Gasteiger partial charge in [-0.1, -0.05) is 24.3 Å². The summed E-state index contributed by atoms with van der Waals surface area (Å²) in [6, 6.07) is 20.0. The molecule has 1 aliphatic carbocycles. The van der Waals surface area contributed by atoms with E-state index in [-0.39, 0.29) is 35.2 Å². The highest BCUT2D eigenvalue weighted by molar-refractivity contribution is 5.96. The van der Waals surface area contributed by atoms with Gasteiger partial charge in [0.25, 0.3) is 11.8 Å². The maximum atomic E-state index is 14.4. The number of aryl methyl sites for hydroxylation is 1. The van der Waals surface area contributed by atoms with Crippen molar-refractivity contribution in [1.82, 2.24) is 30.8 Å². The van der Waals surface area contributed by atoms with Crippen molar-refractivity contribution in [2.45, 2.75) is 77.2 Å². The summed E-state index contributed by atoms with van der Waals surface area (Å²) in [6.07, 6.45) is 3.70. The quantitative estimate of drug-likeness (QED) is 0.178. The molecule has 2 aliphatic rings. The van der Waals surface area contributed by atoms with Crippen LogP contribution >= 0.6 is 0 Å². The molecular formula is C38H43FN6O4. The lowest BCUT2D eigenvalue weighted by Crippen LogP contribution is -2.53. The zero-order chi connectivity index (χ0) is 34.5.